The molecule has 6 heteroatoms. The number of rotatable bonds is 3. The van der Waals surface area contributed by atoms with Crippen LogP contribution < -0.4 is 10.3 Å². The van der Waals surface area contributed by atoms with E-state index in [9.17, 15) is 0 Å². The van der Waals surface area contributed by atoms with Gasteiger partial charge in [0.25, 0.3) is 0 Å². The summed E-state index contributed by atoms with van der Waals surface area (Å²) in [6.45, 7) is 5.18. The van der Waals surface area contributed by atoms with Gasteiger partial charge >= 0.3 is 0 Å². The van der Waals surface area contributed by atoms with E-state index < -0.39 is 0 Å². The second kappa shape index (κ2) is 7.14. The standard InChI is InChI=1S/C19H18N4S.H2O/c1-2-12-22-17-13-20-18(14-8-4-3-5-9-14)15-10-6-7-11-16(15)23(17)19(24)21-22;/h2-11,17H,1,12-13H2,(H,21,24);1H2. The predicted molar refractivity (Wildman–Crippen MR) is 106 cm³/mol. The Labute approximate surface area is 152 Å². The molecule has 128 valence electrons. The van der Waals surface area contributed by atoms with Crippen molar-refractivity contribution in [3.63, 3.8) is 0 Å². The monoisotopic (exact) mass is 352 g/mol. The first-order valence-electron chi connectivity index (χ1n) is 7.96. The van der Waals surface area contributed by atoms with Crippen molar-refractivity contribution >= 4 is 28.7 Å². The third-order valence-corrected chi connectivity index (χ3v) is 4.61. The molecule has 2 aromatic rings. The average Bonchev–Trinajstić information content (AvgIpc) is 2.82. The van der Waals surface area contributed by atoms with Gasteiger partial charge in [0.1, 0.15) is 6.17 Å². The van der Waals surface area contributed by atoms with E-state index in [2.05, 4.69) is 46.2 Å². The lowest BCUT2D eigenvalue weighted by Gasteiger charge is -2.26. The van der Waals surface area contributed by atoms with Crippen LogP contribution in [0.1, 0.15) is 11.1 Å². The topological polar surface area (TPSA) is 62.4 Å². The molecule has 2 aliphatic rings. The predicted octanol–water partition coefficient (Wildman–Crippen LogP) is 2.14. The summed E-state index contributed by atoms with van der Waals surface area (Å²) in [6, 6.07) is 18.6. The molecular weight excluding hydrogens is 332 g/mol. The fraction of sp³-hybridized carbons (Fsp3) is 0.158. The summed E-state index contributed by atoms with van der Waals surface area (Å²) in [7, 11) is 0. The first kappa shape index (κ1) is 17.3. The van der Waals surface area contributed by atoms with Crippen molar-refractivity contribution in [3.05, 3.63) is 78.4 Å². The zero-order chi connectivity index (χ0) is 16.5. The number of para-hydroxylation sites is 1. The van der Waals surface area contributed by atoms with Gasteiger partial charge in [-0.1, -0.05) is 54.6 Å². The fourth-order valence-electron chi connectivity index (χ4n) is 3.27. The highest BCUT2D eigenvalue weighted by Gasteiger charge is 2.38. The van der Waals surface area contributed by atoms with Crippen molar-refractivity contribution in [2.75, 3.05) is 18.0 Å². The second-order valence-electron chi connectivity index (χ2n) is 5.78. The number of aliphatic imine (C=N–C) groups is 1. The molecule has 0 bridgehead atoms. The van der Waals surface area contributed by atoms with Crippen LogP contribution in [0, 0.1) is 0 Å². The SMILES string of the molecule is C=CCN1NC(=S)N2c3ccccc3C(c3ccccc3)=NCC12.O. The van der Waals surface area contributed by atoms with Crippen molar-refractivity contribution in [2.24, 2.45) is 4.99 Å². The van der Waals surface area contributed by atoms with Gasteiger partial charge in [0.2, 0.25) is 0 Å². The smallest absolute Gasteiger partial charge is 0.189 e. The van der Waals surface area contributed by atoms with Crippen LogP contribution >= 0.6 is 12.2 Å². The van der Waals surface area contributed by atoms with E-state index in [1.165, 1.54) is 0 Å². The fourth-order valence-corrected chi connectivity index (χ4v) is 3.60. The second-order valence-corrected chi connectivity index (χ2v) is 6.17. The zero-order valence-corrected chi connectivity index (χ0v) is 14.5. The van der Waals surface area contributed by atoms with Crippen LogP contribution in [0.3, 0.4) is 0 Å². The summed E-state index contributed by atoms with van der Waals surface area (Å²) >= 11 is 5.59. The van der Waals surface area contributed by atoms with Crippen LogP contribution in [0.15, 0.2) is 72.2 Å². The number of hydrogen-bond donors (Lipinski definition) is 1. The summed E-state index contributed by atoms with van der Waals surface area (Å²) < 4.78 is 0. The minimum Gasteiger partial charge on any atom is -0.412 e. The van der Waals surface area contributed by atoms with Gasteiger partial charge in [-0.15, -0.1) is 6.58 Å². The van der Waals surface area contributed by atoms with E-state index in [4.69, 9.17) is 17.2 Å². The van der Waals surface area contributed by atoms with Gasteiger partial charge in [-0.2, -0.15) is 5.01 Å². The molecule has 0 saturated carbocycles. The Balaban J connectivity index is 0.00000182. The maximum absolute atomic E-state index is 5.59. The van der Waals surface area contributed by atoms with Gasteiger partial charge in [0.15, 0.2) is 5.11 Å². The highest BCUT2D eigenvalue weighted by molar-refractivity contribution is 7.80. The summed E-state index contributed by atoms with van der Waals surface area (Å²) in [5.74, 6) is 0. The number of nitrogens with one attached hydrogen (secondary N) is 1. The van der Waals surface area contributed by atoms with E-state index >= 15 is 0 Å². The lowest BCUT2D eigenvalue weighted by molar-refractivity contribution is 0.227. The van der Waals surface area contributed by atoms with E-state index in [0.717, 1.165) is 22.5 Å². The third kappa shape index (κ3) is 2.95. The minimum atomic E-state index is 0. The summed E-state index contributed by atoms with van der Waals surface area (Å²) in [6.07, 6.45) is 1.93. The minimum absolute atomic E-state index is 0. The van der Waals surface area contributed by atoms with Crippen LogP contribution in [0.2, 0.25) is 0 Å². The van der Waals surface area contributed by atoms with Crippen molar-refractivity contribution < 1.29 is 5.48 Å². The van der Waals surface area contributed by atoms with Crippen molar-refractivity contribution in [2.45, 2.75) is 6.17 Å². The van der Waals surface area contributed by atoms with Crippen LogP contribution in [-0.2, 0) is 0 Å². The maximum atomic E-state index is 5.59. The zero-order valence-electron chi connectivity index (χ0n) is 13.7. The van der Waals surface area contributed by atoms with Gasteiger partial charge in [0.05, 0.1) is 17.9 Å². The van der Waals surface area contributed by atoms with Gasteiger partial charge in [-0.25, -0.2) is 0 Å². The van der Waals surface area contributed by atoms with Gasteiger partial charge in [-0.05, 0) is 18.3 Å². The van der Waals surface area contributed by atoms with Crippen molar-refractivity contribution in [1.29, 1.82) is 0 Å². The molecule has 0 amide bonds. The third-order valence-electron chi connectivity index (χ3n) is 4.32. The van der Waals surface area contributed by atoms with Crippen LogP contribution in [0.25, 0.3) is 0 Å². The number of anilines is 1. The molecule has 0 aliphatic carbocycles. The summed E-state index contributed by atoms with van der Waals surface area (Å²) in [4.78, 5) is 7.10. The van der Waals surface area contributed by atoms with Crippen molar-refractivity contribution in [1.82, 2.24) is 10.4 Å². The van der Waals surface area contributed by atoms with E-state index in [1.54, 1.807) is 0 Å². The molecule has 0 aromatic heterocycles. The van der Waals surface area contributed by atoms with E-state index in [-0.39, 0.29) is 11.6 Å². The molecule has 0 radical (unpaired) electrons. The molecule has 4 rings (SSSR count). The van der Waals surface area contributed by atoms with Gasteiger partial charge < -0.3 is 5.48 Å². The number of fused-ring (bicyclic) bond motifs is 3. The number of thiocarbonyl (C=S) groups is 1. The number of hydrogen-bond acceptors (Lipinski definition) is 3. The molecule has 2 aliphatic heterocycles. The number of nitrogens with zero attached hydrogens (tertiary/aromatic N) is 3. The lowest BCUT2D eigenvalue weighted by Crippen LogP contribution is -2.43. The Hall–Kier alpha value is -2.54. The van der Waals surface area contributed by atoms with Crippen LogP contribution in [-0.4, -0.2) is 40.6 Å². The molecule has 3 N–H and O–H groups in total. The molecule has 25 heavy (non-hydrogen) atoms. The summed E-state index contributed by atoms with van der Waals surface area (Å²) in [5.41, 5.74) is 7.61. The van der Waals surface area contributed by atoms with Crippen LogP contribution in [0.5, 0.6) is 0 Å². The highest BCUT2D eigenvalue weighted by Crippen LogP contribution is 2.31. The Morgan fingerprint density at radius 2 is 1.88 bits per heavy atom. The Kier molecular flexibility index (Phi) is 4.94. The first-order chi connectivity index (χ1) is 11.8. The molecule has 2 heterocycles. The molecule has 1 atom stereocenters. The van der Waals surface area contributed by atoms with Crippen LogP contribution in [0.4, 0.5) is 5.69 Å². The van der Waals surface area contributed by atoms with E-state index in [1.807, 2.05) is 36.4 Å². The van der Waals surface area contributed by atoms with Gasteiger partial charge in [-0.3, -0.25) is 15.3 Å². The molecule has 1 fully saturated rings. The quantitative estimate of drug-likeness (QED) is 0.679. The largest absolute Gasteiger partial charge is 0.412 e. The Morgan fingerprint density at radius 3 is 2.64 bits per heavy atom. The molecule has 1 saturated heterocycles. The Morgan fingerprint density at radius 1 is 1.16 bits per heavy atom. The Bertz CT molecular complexity index is 821. The molecular formula is C19H20N4OS. The van der Waals surface area contributed by atoms with E-state index in [0.29, 0.717) is 18.2 Å². The average molecular weight is 352 g/mol. The maximum Gasteiger partial charge on any atom is 0.189 e. The number of hydrazine groups is 1. The van der Waals surface area contributed by atoms with Crippen molar-refractivity contribution in [3.8, 4) is 0 Å². The number of benzene rings is 2. The van der Waals surface area contributed by atoms with Gasteiger partial charge in [0, 0.05) is 17.7 Å². The molecule has 0 spiro atoms. The first-order valence-corrected chi connectivity index (χ1v) is 8.37. The molecule has 5 nitrogen and oxygen atoms in total. The highest BCUT2D eigenvalue weighted by atomic mass is 32.1. The molecule has 2 aromatic carbocycles. The summed E-state index contributed by atoms with van der Waals surface area (Å²) in [5, 5.41) is 2.79. The normalized spacial score (nSPS) is 19.0. The molecule has 1 unspecified atom stereocenters. The lowest BCUT2D eigenvalue weighted by atomic mass is 10.0.